The second kappa shape index (κ2) is 4.37. The molecule has 15 heavy (non-hydrogen) atoms. The maximum absolute atomic E-state index is 3.51. The van der Waals surface area contributed by atoms with Crippen LogP contribution in [0.25, 0.3) is 10.9 Å². The molecule has 2 rings (SSSR count). The summed E-state index contributed by atoms with van der Waals surface area (Å²) in [5.74, 6) is 0. The Bertz CT molecular complexity index is 474. The van der Waals surface area contributed by atoms with E-state index in [9.17, 15) is 0 Å². The fraction of sp³-hybridized carbons (Fsp3) is 0.333. The molecular weight excluding hydrogens is 252 g/mol. The number of rotatable bonds is 3. The maximum Gasteiger partial charge on any atom is 0.0460 e. The van der Waals surface area contributed by atoms with Gasteiger partial charge < -0.3 is 10.3 Å². The van der Waals surface area contributed by atoms with Crippen LogP contribution in [0.3, 0.4) is 0 Å². The monoisotopic (exact) mass is 266 g/mol. The molecule has 0 spiro atoms. The smallest absolute Gasteiger partial charge is 0.0460 e. The molecule has 0 unspecified atom stereocenters. The molecule has 0 fully saturated rings. The Balaban J connectivity index is 2.63. The third-order valence-corrected chi connectivity index (χ3v) is 3.16. The molecule has 0 saturated carbocycles. The topological polar surface area (TPSA) is 27.8 Å². The zero-order valence-corrected chi connectivity index (χ0v) is 10.6. The summed E-state index contributed by atoms with van der Waals surface area (Å²) in [5, 5.41) is 4.52. The number of hydrogen-bond acceptors (Lipinski definition) is 1. The molecule has 0 bridgehead atoms. The van der Waals surface area contributed by atoms with E-state index < -0.39 is 0 Å². The molecule has 80 valence electrons. The van der Waals surface area contributed by atoms with Gasteiger partial charge in [0.2, 0.25) is 0 Å². The van der Waals surface area contributed by atoms with Crippen LogP contribution in [0.2, 0.25) is 0 Å². The second-order valence-corrected chi connectivity index (χ2v) is 4.57. The predicted molar refractivity (Wildman–Crippen MR) is 68.1 cm³/mol. The van der Waals surface area contributed by atoms with Crippen molar-refractivity contribution in [1.82, 2.24) is 10.3 Å². The maximum atomic E-state index is 3.51. The molecule has 0 amide bonds. The van der Waals surface area contributed by atoms with Crippen LogP contribution in [0.5, 0.6) is 0 Å². The fourth-order valence-electron chi connectivity index (χ4n) is 2.01. The van der Waals surface area contributed by atoms with E-state index in [0.29, 0.717) is 0 Å². The zero-order valence-electron chi connectivity index (χ0n) is 9.02. The van der Waals surface area contributed by atoms with Crippen molar-refractivity contribution < 1.29 is 0 Å². The molecule has 2 N–H and O–H groups in total. The summed E-state index contributed by atoms with van der Waals surface area (Å²) < 4.78 is 1.14. The van der Waals surface area contributed by atoms with Crippen molar-refractivity contribution in [2.75, 3.05) is 7.05 Å². The first-order valence-electron chi connectivity index (χ1n) is 5.19. The number of hydrogen-bond donors (Lipinski definition) is 2. The average Bonchev–Trinajstić information content (AvgIpc) is 2.55. The fourth-order valence-corrected chi connectivity index (χ4v) is 2.37. The van der Waals surface area contributed by atoms with Crippen LogP contribution in [0.15, 0.2) is 22.7 Å². The van der Waals surface area contributed by atoms with Crippen molar-refractivity contribution in [3.8, 4) is 0 Å². The Hall–Kier alpha value is -0.800. The van der Waals surface area contributed by atoms with Crippen molar-refractivity contribution in [2.24, 2.45) is 0 Å². The molecule has 0 atom stereocenters. The molecule has 2 nitrogen and oxygen atoms in total. The molecule has 0 saturated heterocycles. The quantitative estimate of drug-likeness (QED) is 0.878. The third-order valence-electron chi connectivity index (χ3n) is 2.66. The standard InChI is InChI=1S/C12H15BrN2/c1-3-9-10-6-8(13)4-5-11(10)15-12(9)7-14-2/h4-6,14-15H,3,7H2,1-2H3. The number of nitrogens with one attached hydrogen (secondary N) is 2. The minimum absolute atomic E-state index is 0.898. The molecule has 2 aromatic rings. The number of aromatic nitrogens is 1. The van der Waals surface area contributed by atoms with Crippen molar-refractivity contribution in [2.45, 2.75) is 19.9 Å². The summed E-state index contributed by atoms with van der Waals surface area (Å²) in [7, 11) is 1.97. The highest BCUT2D eigenvalue weighted by Gasteiger charge is 2.08. The second-order valence-electron chi connectivity index (χ2n) is 3.66. The Kier molecular flexibility index (Phi) is 3.12. The van der Waals surface area contributed by atoms with Crippen molar-refractivity contribution >= 4 is 26.8 Å². The number of aryl methyl sites for hydroxylation is 1. The van der Waals surface area contributed by atoms with Gasteiger partial charge in [-0.3, -0.25) is 0 Å². The van der Waals surface area contributed by atoms with Gasteiger partial charge in [-0.2, -0.15) is 0 Å². The van der Waals surface area contributed by atoms with Crippen LogP contribution < -0.4 is 5.32 Å². The van der Waals surface area contributed by atoms with Gasteiger partial charge in [-0.1, -0.05) is 22.9 Å². The zero-order chi connectivity index (χ0) is 10.8. The molecule has 3 heteroatoms. The van der Waals surface area contributed by atoms with Gasteiger partial charge in [0.05, 0.1) is 0 Å². The van der Waals surface area contributed by atoms with E-state index in [1.54, 1.807) is 0 Å². The number of benzene rings is 1. The molecule has 0 radical (unpaired) electrons. The van der Waals surface area contributed by atoms with Crippen LogP contribution in [-0.2, 0) is 13.0 Å². The summed E-state index contributed by atoms with van der Waals surface area (Å²) in [6.45, 7) is 3.10. The van der Waals surface area contributed by atoms with Crippen LogP contribution >= 0.6 is 15.9 Å². The SMILES string of the molecule is CCc1c(CNC)[nH]c2ccc(Br)cc12. The van der Waals surface area contributed by atoms with Crippen LogP contribution in [0.1, 0.15) is 18.2 Å². The molecular formula is C12H15BrN2. The summed E-state index contributed by atoms with van der Waals surface area (Å²) >= 11 is 3.51. The van der Waals surface area contributed by atoms with E-state index in [1.807, 2.05) is 7.05 Å². The predicted octanol–water partition coefficient (Wildman–Crippen LogP) is 3.21. The Morgan fingerprint density at radius 3 is 2.87 bits per heavy atom. The number of fused-ring (bicyclic) bond motifs is 1. The molecule has 1 aromatic heterocycles. The van der Waals surface area contributed by atoms with E-state index in [4.69, 9.17) is 0 Å². The van der Waals surface area contributed by atoms with Gasteiger partial charge in [0.15, 0.2) is 0 Å². The summed E-state index contributed by atoms with van der Waals surface area (Å²) in [5.41, 5.74) is 3.94. The lowest BCUT2D eigenvalue weighted by molar-refractivity contribution is 0.788. The first kappa shape index (κ1) is 10.7. The molecule has 1 aromatic carbocycles. The minimum atomic E-state index is 0.898. The van der Waals surface area contributed by atoms with E-state index >= 15 is 0 Å². The van der Waals surface area contributed by atoms with E-state index in [2.05, 4.69) is 51.4 Å². The lowest BCUT2D eigenvalue weighted by Gasteiger charge is -2.00. The molecule has 0 aliphatic heterocycles. The van der Waals surface area contributed by atoms with E-state index in [-0.39, 0.29) is 0 Å². The summed E-state index contributed by atoms with van der Waals surface area (Å²) in [6, 6.07) is 6.38. The normalized spacial score (nSPS) is 11.1. The minimum Gasteiger partial charge on any atom is -0.357 e. The van der Waals surface area contributed by atoms with Crippen molar-refractivity contribution in [3.63, 3.8) is 0 Å². The average molecular weight is 267 g/mol. The van der Waals surface area contributed by atoms with Crippen molar-refractivity contribution in [3.05, 3.63) is 33.9 Å². The van der Waals surface area contributed by atoms with Gasteiger partial charge in [-0.25, -0.2) is 0 Å². The highest BCUT2D eigenvalue weighted by Crippen LogP contribution is 2.26. The lowest BCUT2D eigenvalue weighted by Crippen LogP contribution is -2.07. The van der Waals surface area contributed by atoms with Gasteiger partial charge in [-0.15, -0.1) is 0 Å². The van der Waals surface area contributed by atoms with Gasteiger partial charge >= 0.3 is 0 Å². The number of H-pyrrole nitrogens is 1. The van der Waals surface area contributed by atoms with Gasteiger partial charge in [0.1, 0.15) is 0 Å². The van der Waals surface area contributed by atoms with Crippen LogP contribution in [-0.4, -0.2) is 12.0 Å². The lowest BCUT2D eigenvalue weighted by atomic mass is 10.1. The highest BCUT2D eigenvalue weighted by molar-refractivity contribution is 9.10. The first-order chi connectivity index (χ1) is 7.26. The van der Waals surface area contributed by atoms with Crippen LogP contribution in [0, 0.1) is 0 Å². The Labute approximate surface area is 98.2 Å². The molecule has 0 aliphatic carbocycles. The Morgan fingerprint density at radius 1 is 1.40 bits per heavy atom. The summed E-state index contributed by atoms with van der Waals surface area (Å²) in [4.78, 5) is 3.46. The third kappa shape index (κ3) is 1.94. The number of halogens is 1. The first-order valence-corrected chi connectivity index (χ1v) is 5.99. The van der Waals surface area contributed by atoms with Crippen molar-refractivity contribution in [1.29, 1.82) is 0 Å². The van der Waals surface area contributed by atoms with Gasteiger partial charge in [0.25, 0.3) is 0 Å². The Morgan fingerprint density at radius 2 is 2.20 bits per heavy atom. The van der Waals surface area contributed by atoms with Gasteiger partial charge in [0, 0.05) is 27.6 Å². The van der Waals surface area contributed by atoms with E-state index in [0.717, 1.165) is 17.4 Å². The molecule has 1 heterocycles. The highest BCUT2D eigenvalue weighted by atomic mass is 79.9. The van der Waals surface area contributed by atoms with E-state index in [1.165, 1.54) is 22.2 Å². The number of aromatic amines is 1. The summed E-state index contributed by atoms with van der Waals surface area (Å²) in [6.07, 6.45) is 1.06. The largest absolute Gasteiger partial charge is 0.357 e. The molecule has 0 aliphatic rings. The van der Waals surface area contributed by atoms with Gasteiger partial charge in [-0.05, 0) is 37.2 Å². The van der Waals surface area contributed by atoms with Crippen LogP contribution in [0.4, 0.5) is 0 Å².